The molecule has 0 aliphatic carbocycles. The largest absolute Gasteiger partial charge is 0.103 e. The first-order valence-corrected chi connectivity index (χ1v) is 9.51. The van der Waals surface area contributed by atoms with E-state index < -0.39 is 0 Å². The van der Waals surface area contributed by atoms with E-state index in [0.29, 0.717) is 10.3 Å². The standard InChI is InChI=1S/C13H30P2/c1-11(2)14(9)10-15(12(3,4)5)13(6,7)8/h11H,10H2,1-9H3. The van der Waals surface area contributed by atoms with Gasteiger partial charge in [-0.3, -0.25) is 0 Å². The molecule has 0 rings (SSSR count). The van der Waals surface area contributed by atoms with Crippen molar-refractivity contribution in [2.45, 2.75) is 71.4 Å². The van der Waals surface area contributed by atoms with Gasteiger partial charge in [-0.2, -0.15) is 0 Å². The Balaban J connectivity index is 4.69. The van der Waals surface area contributed by atoms with Crippen LogP contribution in [0.5, 0.6) is 0 Å². The van der Waals surface area contributed by atoms with Gasteiger partial charge >= 0.3 is 0 Å². The summed E-state index contributed by atoms with van der Waals surface area (Å²) in [5.41, 5.74) is 0.884. The fraction of sp³-hybridized carbons (Fsp3) is 1.00. The van der Waals surface area contributed by atoms with Gasteiger partial charge in [0.1, 0.15) is 0 Å². The van der Waals surface area contributed by atoms with Gasteiger partial charge in [0.05, 0.1) is 0 Å². The monoisotopic (exact) mass is 248 g/mol. The second kappa shape index (κ2) is 5.46. The Kier molecular flexibility index (Phi) is 5.78. The lowest BCUT2D eigenvalue weighted by Gasteiger charge is -2.43. The molecule has 0 N–H and O–H groups in total. The van der Waals surface area contributed by atoms with Crippen molar-refractivity contribution in [2.24, 2.45) is 0 Å². The fourth-order valence-electron chi connectivity index (χ4n) is 1.82. The molecule has 0 aromatic heterocycles. The van der Waals surface area contributed by atoms with Crippen LogP contribution >= 0.6 is 15.8 Å². The van der Waals surface area contributed by atoms with Gasteiger partial charge in [0.2, 0.25) is 0 Å². The minimum Gasteiger partial charge on any atom is -0.103 e. The lowest BCUT2D eigenvalue weighted by molar-refractivity contribution is 0.709. The quantitative estimate of drug-likeness (QED) is 0.575. The van der Waals surface area contributed by atoms with Crippen LogP contribution in [0.25, 0.3) is 0 Å². The van der Waals surface area contributed by atoms with E-state index in [2.05, 4.69) is 62.1 Å². The lowest BCUT2D eigenvalue weighted by atomic mass is 10.2. The summed E-state index contributed by atoms with van der Waals surface area (Å²) in [6.07, 6.45) is 0. The maximum atomic E-state index is 2.48. The molecule has 0 saturated carbocycles. The predicted molar refractivity (Wildman–Crippen MR) is 79.3 cm³/mol. The van der Waals surface area contributed by atoms with Gasteiger partial charge < -0.3 is 0 Å². The van der Waals surface area contributed by atoms with E-state index in [0.717, 1.165) is 5.66 Å². The van der Waals surface area contributed by atoms with Gasteiger partial charge in [0.25, 0.3) is 0 Å². The summed E-state index contributed by atoms with van der Waals surface area (Å²) in [6, 6.07) is 0. The summed E-state index contributed by atoms with van der Waals surface area (Å²) < 4.78 is 0. The molecule has 1 atom stereocenters. The van der Waals surface area contributed by atoms with E-state index in [-0.39, 0.29) is 15.8 Å². The number of rotatable bonds is 3. The molecular formula is C13H30P2. The van der Waals surface area contributed by atoms with Gasteiger partial charge in [0.15, 0.2) is 0 Å². The van der Waals surface area contributed by atoms with Crippen LogP contribution in [0.4, 0.5) is 0 Å². The Hall–Kier alpha value is 0.860. The van der Waals surface area contributed by atoms with E-state index in [1.165, 1.54) is 5.90 Å². The van der Waals surface area contributed by atoms with Crippen molar-refractivity contribution in [2.75, 3.05) is 12.6 Å². The van der Waals surface area contributed by atoms with Crippen LogP contribution < -0.4 is 0 Å². The first-order chi connectivity index (χ1) is 6.46. The third-order valence-electron chi connectivity index (χ3n) is 2.87. The minimum absolute atomic E-state index is 0.114. The van der Waals surface area contributed by atoms with Gasteiger partial charge in [-0.15, -0.1) is 7.92 Å². The highest BCUT2D eigenvalue weighted by Gasteiger charge is 2.35. The molecule has 0 saturated heterocycles. The van der Waals surface area contributed by atoms with Crippen molar-refractivity contribution < 1.29 is 0 Å². The van der Waals surface area contributed by atoms with E-state index in [1.54, 1.807) is 0 Å². The van der Waals surface area contributed by atoms with Crippen molar-refractivity contribution >= 4 is 15.8 Å². The molecule has 0 spiro atoms. The lowest BCUT2D eigenvalue weighted by Crippen LogP contribution is -2.26. The second-order valence-corrected chi connectivity index (χ2v) is 14.0. The van der Waals surface area contributed by atoms with Crippen LogP contribution in [0.2, 0.25) is 0 Å². The summed E-state index contributed by atoms with van der Waals surface area (Å²) in [6.45, 7) is 21.8. The maximum Gasteiger partial charge on any atom is -0.0111 e. The van der Waals surface area contributed by atoms with Crippen molar-refractivity contribution in [3.63, 3.8) is 0 Å². The smallest absolute Gasteiger partial charge is 0.0111 e. The predicted octanol–water partition coefficient (Wildman–Crippen LogP) is 5.54. The highest BCUT2D eigenvalue weighted by molar-refractivity contribution is 7.76. The van der Waals surface area contributed by atoms with Gasteiger partial charge in [-0.25, -0.2) is 0 Å². The molecule has 0 bridgehead atoms. The summed E-state index contributed by atoms with van der Waals surface area (Å²) >= 11 is 0. The van der Waals surface area contributed by atoms with E-state index in [9.17, 15) is 0 Å². The minimum atomic E-state index is 0.114. The van der Waals surface area contributed by atoms with Crippen molar-refractivity contribution in [1.82, 2.24) is 0 Å². The summed E-state index contributed by atoms with van der Waals surface area (Å²) in [5, 5.41) is 0.998. The van der Waals surface area contributed by atoms with Crippen LogP contribution in [-0.4, -0.2) is 28.5 Å². The molecule has 0 aliphatic rings. The van der Waals surface area contributed by atoms with Crippen LogP contribution in [0, 0.1) is 0 Å². The van der Waals surface area contributed by atoms with Crippen LogP contribution in [0.15, 0.2) is 0 Å². The van der Waals surface area contributed by atoms with E-state index >= 15 is 0 Å². The molecule has 0 aromatic rings. The molecule has 15 heavy (non-hydrogen) atoms. The molecular weight excluding hydrogens is 218 g/mol. The third kappa shape index (κ3) is 5.65. The SMILES string of the molecule is CC(C)P(C)CP(C(C)(C)C)C(C)(C)C. The van der Waals surface area contributed by atoms with Crippen molar-refractivity contribution in [3.05, 3.63) is 0 Å². The maximum absolute atomic E-state index is 2.48. The van der Waals surface area contributed by atoms with Crippen molar-refractivity contribution in [1.29, 1.82) is 0 Å². The number of hydrogen-bond acceptors (Lipinski definition) is 0. The second-order valence-electron chi connectivity index (χ2n) is 6.76. The average Bonchev–Trinajstić information content (AvgIpc) is 1.94. The molecule has 92 valence electrons. The molecule has 0 heterocycles. The summed E-state index contributed by atoms with van der Waals surface area (Å²) in [7, 11) is 0.336. The molecule has 2 heteroatoms. The molecule has 0 nitrogen and oxygen atoms in total. The Morgan fingerprint density at radius 2 is 1.20 bits per heavy atom. The Morgan fingerprint density at radius 3 is 1.40 bits per heavy atom. The van der Waals surface area contributed by atoms with Gasteiger partial charge in [-0.05, 0) is 28.5 Å². The Morgan fingerprint density at radius 1 is 0.867 bits per heavy atom. The van der Waals surface area contributed by atoms with Crippen LogP contribution in [0.1, 0.15) is 55.4 Å². The van der Waals surface area contributed by atoms with Crippen LogP contribution in [0.3, 0.4) is 0 Å². The fourth-order valence-corrected chi connectivity index (χ4v) is 10.3. The van der Waals surface area contributed by atoms with Crippen molar-refractivity contribution in [3.8, 4) is 0 Å². The molecule has 0 radical (unpaired) electrons. The normalized spacial score (nSPS) is 16.2. The zero-order valence-electron chi connectivity index (χ0n) is 12.2. The molecule has 1 unspecified atom stereocenters. The molecule has 0 amide bonds. The molecule has 0 aromatic carbocycles. The average molecular weight is 248 g/mol. The Bertz CT molecular complexity index is 170. The van der Waals surface area contributed by atoms with E-state index in [4.69, 9.17) is 0 Å². The molecule has 0 fully saturated rings. The van der Waals surface area contributed by atoms with E-state index in [1.807, 2.05) is 0 Å². The Labute approximate surface area is 100 Å². The first-order valence-electron chi connectivity index (χ1n) is 5.94. The zero-order chi connectivity index (χ0) is 12.4. The third-order valence-corrected chi connectivity index (χ3v) is 10.8. The van der Waals surface area contributed by atoms with Gasteiger partial charge in [0, 0.05) is 0 Å². The number of hydrogen-bond donors (Lipinski definition) is 0. The molecule has 0 aliphatic heterocycles. The topological polar surface area (TPSA) is 0 Å². The highest BCUT2D eigenvalue weighted by atomic mass is 31.2. The summed E-state index contributed by atoms with van der Waals surface area (Å²) in [4.78, 5) is 0. The first kappa shape index (κ1) is 15.9. The summed E-state index contributed by atoms with van der Waals surface area (Å²) in [5.74, 6) is 1.48. The zero-order valence-corrected chi connectivity index (χ0v) is 14.0. The van der Waals surface area contributed by atoms with Crippen LogP contribution in [-0.2, 0) is 0 Å². The highest BCUT2D eigenvalue weighted by Crippen LogP contribution is 2.65. The van der Waals surface area contributed by atoms with Gasteiger partial charge in [-0.1, -0.05) is 63.3 Å².